The lowest BCUT2D eigenvalue weighted by atomic mass is 9.95. The fourth-order valence-electron chi connectivity index (χ4n) is 4.32. The Kier molecular flexibility index (Phi) is 6.86. The average Bonchev–Trinajstić information content (AvgIpc) is 3.31. The smallest absolute Gasteiger partial charge is 0.126 e. The van der Waals surface area contributed by atoms with Gasteiger partial charge in [0.15, 0.2) is 0 Å². The van der Waals surface area contributed by atoms with E-state index >= 15 is 0 Å². The fourth-order valence-corrected chi connectivity index (χ4v) is 4.32. The molecule has 0 radical (unpaired) electrons. The highest BCUT2D eigenvalue weighted by Crippen LogP contribution is 2.30. The van der Waals surface area contributed by atoms with Crippen LogP contribution < -0.4 is 11.1 Å². The Hall–Kier alpha value is -2.77. The summed E-state index contributed by atoms with van der Waals surface area (Å²) in [6, 6.07) is 7.99. The van der Waals surface area contributed by atoms with E-state index in [-0.39, 0.29) is 6.61 Å². The highest BCUT2D eigenvalue weighted by atomic mass is 16.3. The molecule has 1 aliphatic heterocycles. The van der Waals surface area contributed by atoms with Crippen LogP contribution in [0.5, 0.6) is 0 Å². The number of rotatable bonds is 9. The van der Waals surface area contributed by atoms with E-state index in [0.717, 1.165) is 72.4 Å². The quantitative estimate of drug-likeness (QED) is 0.463. The van der Waals surface area contributed by atoms with Crippen LogP contribution in [0.25, 0.3) is 22.2 Å². The van der Waals surface area contributed by atoms with Gasteiger partial charge in [-0.1, -0.05) is 25.8 Å². The second-order valence-corrected chi connectivity index (χ2v) is 9.16. The van der Waals surface area contributed by atoms with Gasteiger partial charge in [-0.2, -0.15) is 0 Å². The van der Waals surface area contributed by atoms with Crippen LogP contribution in [0.15, 0.2) is 36.7 Å². The Bertz CT molecular complexity index is 1050. The molecule has 0 aromatic carbocycles. The van der Waals surface area contributed by atoms with Crippen LogP contribution in [0.3, 0.4) is 0 Å². The number of aliphatic hydroxyl groups is 1. The summed E-state index contributed by atoms with van der Waals surface area (Å²) in [6.07, 6.45) is 9.28. The first-order valence-corrected chi connectivity index (χ1v) is 11.6. The van der Waals surface area contributed by atoms with Crippen molar-refractivity contribution in [2.45, 2.75) is 58.0 Å². The number of unbranched alkanes of at least 4 members (excludes halogenated alkanes) is 1. The maximum absolute atomic E-state index is 9.98. The molecule has 0 amide bonds. The third-order valence-electron chi connectivity index (χ3n) is 6.27. The van der Waals surface area contributed by atoms with E-state index in [1.54, 1.807) is 6.07 Å². The van der Waals surface area contributed by atoms with E-state index < -0.39 is 5.54 Å². The van der Waals surface area contributed by atoms with Gasteiger partial charge in [-0.15, -0.1) is 0 Å². The highest BCUT2D eigenvalue weighted by molar-refractivity contribution is 5.91. The van der Waals surface area contributed by atoms with Crippen LogP contribution in [0.4, 0.5) is 11.5 Å². The summed E-state index contributed by atoms with van der Waals surface area (Å²) in [5, 5.41) is 13.5. The summed E-state index contributed by atoms with van der Waals surface area (Å²) in [4.78, 5) is 16.3. The van der Waals surface area contributed by atoms with E-state index in [1.807, 2.05) is 25.4 Å². The molecule has 0 saturated carbocycles. The molecular weight excluding hydrogens is 400 g/mol. The van der Waals surface area contributed by atoms with Gasteiger partial charge in [0.05, 0.1) is 29.0 Å². The van der Waals surface area contributed by atoms with Gasteiger partial charge < -0.3 is 16.2 Å². The first kappa shape index (κ1) is 22.4. The molecule has 1 saturated heterocycles. The van der Waals surface area contributed by atoms with Crippen molar-refractivity contribution in [3.05, 3.63) is 42.4 Å². The molecule has 7 heteroatoms. The molecule has 4 N–H and O–H groups in total. The second kappa shape index (κ2) is 9.79. The van der Waals surface area contributed by atoms with Crippen molar-refractivity contribution in [2.75, 3.05) is 30.7 Å². The fraction of sp³-hybridized carbons (Fsp3) is 0.480. The molecule has 1 atom stereocenters. The van der Waals surface area contributed by atoms with Crippen LogP contribution in [0, 0.1) is 0 Å². The largest absolute Gasteiger partial charge is 0.394 e. The van der Waals surface area contributed by atoms with Crippen molar-refractivity contribution in [3.63, 3.8) is 0 Å². The number of pyridine rings is 3. The number of nitrogens with one attached hydrogen (secondary N) is 1. The molecule has 3 aromatic heterocycles. The number of anilines is 2. The third-order valence-corrected chi connectivity index (χ3v) is 6.27. The van der Waals surface area contributed by atoms with Crippen molar-refractivity contribution < 1.29 is 5.11 Å². The molecule has 1 aliphatic rings. The summed E-state index contributed by atoms with van der Waals surface area (Å²) in [6.45, 7) is 7.43. The minimum absolute atomic E-state index is 0.0320. The first-order valence-electron chi connectivity index (χ1n) is 11.6. The minimum atomic E-state index is -0.438. The lowest BCUT2D eigenvalue weighted by molar-refractivity contribution is 0.212. The van der Waals surface area contributed by atoms with Gasteiger partial charge in [0.25, 0.3) is 0 Å². The van der Waals surface area contributed by atoms with E-state index in [4.69, 9.17) is 10.7 Å². The number of fused-ring (bicyclic) bond motifs is 1. The lowest BCUT2D eigenvalue weighted by Crippen LogP contribution is -2.38. The van der Waals surface area contributed by atoms with Crippen molar-refractivity contribution in [1.29, 1.82) is 0 Å². The molecule has 0 bridgehead atoms. The Balaban J connectivity index is 1.59. The molecule has 4 rings (SSSR count). The van der Waals surface area contributed by atoms with Crippen LogP contribution in [0.2, 0.25) is 0 Å². The molecule has 1 fully saturated rings. The number of nitrogen functional groups attached to an aromatic ring is 1. The number of hydrogen-bond acceptors (Lipinski definition) is 7. The number of nitrogens with two attached hydrogens (primary N) is 1. The Morgan fingerprint density at radius 2 is 1.91 bits per heavy atom. The lowest BCUT2D eigenvalue weighted by Gasteiger charge is -2.30. The average molecular weight is 435 g/mol. The minimum Gasteiger partial charge on any atom is -0.394 e. The Morgan fingerprint density at radius 1 is 1.12 bits per heavy atom. The zero-order chi connectivity index (χ0) is 22.6. The summed E-state index contributed by atoms with van der Waals surface area (Å²) in [5.74, 6) is 0.425. The number of aromatic nitrogens is 3. The van der Waals surface area contributed by atoms with Crippen LogP contribution in [0.1, 0.15) is 51.6 Å². The van der Waals surface area contributed by atoms with Gasteiger partial charge in [0.1, 0.15) is 11.3 Å². The van der Waals surface area contributed by atoms with Crippen molar-refractivity contribution >= 4 is 22.5 Å². The molecule has 1 unspecified atom stereocenters. The van der Waals surface area contributed by atoms with E-state index in [9.17, 15) is 5.11 Å². The van der Waals surface area contributed by atoms with Crippen molar-refractivity contribution in [2.24, 2.45) is 0 Å². The molecular formula is C25H34N6O. The molecule has 32 heavy (non-hydrogen) atoms. The summed E-state index contributed by atoms with van der Waals surface area (Å²) in [7, 11) is 0. The molecule has 7 nitrogen and oxygen atoms in total. The number of nitrogens with zero attached hydrogens (tertiary/aromatic N) is 4. The van der Waals surface area contributed by atoms with Crippen LogP contribution >= 0.6 is 0 Å². The molecule has 3 aromatic rings. The van der Waals surface area contributed by atoms with Crippen molar-refractivity contribution in [3.8, 4) is 11.1 Å². The maximum Gasteiger partial charge on any atom is 0.126 e. The van der Waals surface area contributed by atoms with Gasteiger partial charge in [-0.25, -0.2) is 4.98 Å². The molecule has 170 valence electrons. The molecule has 0 aliphatic carbocycles. The van der Waals surface area contributed by atoms with Gasteiger partial charge in [0, 0.05) is 36.1 Å². The second-order valence-electron chi connectivity index (χ2n) is 9.16. The van der Waals surface area contributed by atoms with E-state index in [0.29, 0.717) is 5.82 Å². The first-order chi connectivity index (χ1) is 15.5. The zero-order valence-electron chi connectivity index (χ0n) is 19.1. The Morgan fingerprint density at radius 3 is 2.59 bits per heavy atom. The van der Waals surface area contributed by atoms with Gasteiger partial charge in [-0.05, 0) is 51.4 Å². The van der Waals surface area contributed by atoms with Crippen molar-refractivity contribution in [1.82, 2.24) is 19.9 Å². The highest BCUT2D eigenvalue weighted by Gasteiger charge is 2.24. The predicted molar refractivity (Wildman–Crippen MR) is 130 cm³/mol. The molecule has 4 heterocycles. The van der Waals surface area contributed by atoms with Crippen LogP contribution in [-0.4, -0.2) is 50.2 Å². The topological polar surface area (TPSA) is 100 Å². The van der Waals surface area contributed by atoms with E-state index in [1.165, 1.54) is 12.8 Å². The predicted octanol–water partition coefficient (Wildman–Crippen LogP) is 4.22. The standard InChI is InChI=1S/C25H34N6O/c1-3-4-9-25(2,17-32)30-22-13-23(26)29-21-12-19(15-28-24(21)22)18-7-8-20(27-14-18)16-31-10-5-6-11-31/h7-8,12-15,32H,3-6,9-11,16-17H2,1-2H3,(H3,26,29,30). The zero-order valence-corrected chi connectivity index (χ0v) is 19.1. The number of likely N-dealkylation sites (tertiary alicyclic amines) is 1. The normalized spacial score (nSPS) is 16.3. The van der Waals surface area contributed by atoms with E-state index in [2.05, 4.69) is 39.2 Å². The third kappa shape index (κ3) is 5.16. The number of hydrogen-bond donors (Lipinski definition) is 3. The Labute approximate surface area is 190 Å². The van der Waals surface area contributed by atoms with Gasteiger partial charge in [-0.3, -0.25) is 14.9 Å². The number of aliphatic hydroxyl groups excluding tert-OH is 1. The van der Waals surface area contributed by atoms with Crippen LogP contribution in [-0.2, 0) is 6.54 Å². The molecule has 0 spiro atoms. The summed E-state index contributed by atoms with van der Waals surface area (Å²) in [5.41, 5.74) is 11.0. The summed E-state index contributed by atoms with van der Waals surface area (Å²) < 4.78 is 0. The van der Waals surface area contributed by atoms with Gasteiger partial charge >= 0.3 is 0 Å². The maximum atomic E-state index is 9.98. The summed E-state index contributed by atoms with van der Waals surface area (Å²) >= 11 is 0. The SMILES string of the molecule is CCCCC(C)(CO)Nc1cc(N)nc2cc(-c3ccc(CN4CCCC4)nc3)cnc12. The monoisotopic (exact) mass is 434 g/mol. The van der Waals surface area contributed by atoms with Gasteiger partial charge in [0.2, 0.25) is 0 Å².